The van der Waals surface area contributed by atoms with Gasteiger partial charge in [-0.1, -0.05) is 30.0 Å². The standard InChI is InChI=1S/C16H18FN5O2S/c1-20(2)13(23)10-25-16-19-18-14-15(24)21(7-8-22(14)16)9-11-5-3-4-6-12(11)17/h3-8,14,18H,9-10H2,1-2H3. The van der Waals surface area contributed by atoms with Crippen molar-refractivity contribution in [1.29, 1.82) is 0 Å². The molecule has 1 aromatic carbocycles. The Balaban J connectivity index is 1.66. The first kappa shape index (κ1) is 17.3. The second-order valence-corrected chi connectivity index (χ2v) is 6.71. The van der Waals surface area contributed by atoms with Gasteiger partial charge >= 0.3 is 0 Å². The van der Waals surface area contributed by atoms with Crippen LogP contribution < -0.4 is 5.43 Å². The molecular weight excluding hydrogens is 345 g/mol. The minimum absolute atomic E-state index is 0.0374. The molecule has 2 heterocycles. The first-order chi connectivity index (χ1) is 12.0. The molecule has 0 fully saturated rings. The van der Waals surface area contributed by atoms with Gasteiger partial charge in [0.05, 0.1) is 12.3 Å². The summed E-state index contributed by atoms with van der Waals surface area (Å²) in [6.45, 7) is 0.148. The van der Waals surface area contributed by atoms with Crippen LogP contribution in [0.5, 0.6) is 0 Å². The third-order valence-corrected chi connectivity index (χ3v) is 4.78. The van der Waals surface area contributed by atoms with Gasteiger partial charge < -0.3 is 9.80 Å². The molecule has 0 aromatic heterocycles. The van der Waals surface area contributed by atoms with Crippen LogP contribution in [0.25, 0.3) is 0 Å². The number of fused-ring (bicyclic) bond motifs is 1. The molecular formula is C16H18FN5O2S. The molecule has 7 nitrogen and oxygen atoms in total. The van der Waals surface area contributed by atoms with E-state index in [1.165, 1.54) is 27.6 Å². The number of thioether (sulfide) groups is 1. The van der Waals surface area contributed by atoms with Crippen molar-refractivity contribution in [3.8, 4) is 0 Å². The summed E-state index contributed by atoms with van der Waals surface area (Å²) < 4.78 is 13.8. The van der Waals surface area contributed by atoms with E-state index in [0.29, 0.717) is 10.7 Å². The van der Waals surface area contributed by atoms with Crippen LogP contribution in [0, 0.1) is 5.82 Å². The Morgan fingerprint density at radius 2 is 2.12 bits per heavy atom. The fraction of sp³-hybridized carbons (Fsp3) is 0.312. The number of halogens is 1. The number of amidine groups is 1. The molecule has 2 aliphatic heterocycles. The van der Waals surface area contributed by atoms with Crippen molar-refractivity contribution >= 4 is 28.7 Å². The fourth-order valence-electron chi connectivity index (χ4n) is 2.36. The first-order valence-corrected chi connectivity index (χ1v) is 8.62. The third kappa shape index (κ3) is 3.60. The SMILES string of the molecule is CN(C)C(=O)CSC1=NNC2C(=O)N(Cc3ccccc3F)C=CN12. The highest BCUT2D eigenvalue weighted by molar-refractivity contribution is 8.14. The molecule has 0 saturated carbocycles. The van der Waals surface area contributed by atoms with Gasteiger partial charge in [0.25, 0.3) is 5.91 Å². The zero-order chi connectivity index (χ0) is 18.0. The maximum atomic E-state index is 13.8. The monoisotopic (exact) mass is 363 g/mol. The molecule has 0 spiro atoms. The van der Waals surface area contributed by atoms with E-state index >= 15 is 0 Å². The molecule has 0 saturated heterocycles. The van der Waals surface area contributed by atoms with E-state index in [0.717, 1.165) is 0 Å². The minimum atomic E-state index is -0.672. The predicted octanol–water partition coefficient (Wildman–Crippen LogP) is 0.963. The van der Waals surface area contributed by atoms with Crippen molar-refractivity contribution in [2.45, 2.75) is 12.7 Å². The average molecular weight is 363 g/mol. The van der Waals surface area contributed by atoms with E-state index in [4.69, 9.17) is 0 Å². The lowest BCUT2D eigenvalue weighted by Crippen LogP contribution is -2.51. The molecule has 0 radical (unpaired) electrons. The second-order valence-electron chi connectivity index (χ2n) is 5.77. The summed E-state index contributed by atoms with van der Waals surface area (Å²) in [5.74, 6) is -0.383. The Morgan fingerprint density at radius 1 is 1.36 bits per heavy atom. The molecule has 132 valence electrons. The Bertz CT molecular complexity index is 752. The van der Waals surface area contributed by atoms with E-state index in [9.17, 15) is 14.0 Å². The van der Waals surface area contributed by atoms with E-state index in [2.05, 4.69) is 10.5 Å². The number of hydrogen-bond acceptors (Lipinski definition) is 6. The predicted molar refractivity (Wildman–Crippen MR) is 93.4 cm³/mol. The lowest BCUT2D eigenvalue weighted by atomic mass is 10.2. The van der Waals surface area contributed by atoms with Crippen molar-refractivity contribution in [3.05, 3.63) is 48.0 Å². The quantitative estimate of drug-likeness (QED) is 0.863. The Labute approximate surface area is 149 Å². The van der Waals surface area contributed by atoms with Gasteiger partial charge in [0.2, 0.25) is 12.1 Å². The number of rotatable bonds is 4. The molecule has 9 heteroatoms. The summed E-state index contributed by atoms with van der Waals surface area (Å²) >= 11 is 1.26. The highest BCUT2D eigenvalue weighted by atomic mass is 32.2. The molecule has 1 atom stereocenters. The van der Waals surface area contributed by atoms with Crippen LogP contribution in [0.3, 0.4) is 0 Å². The smallest absolute Gasteiger partial charge is 0.272 e. The van der Waals surface area contributed by atoms with Gasteiger partial charge in [-0.25, -0.2) is 4.39 Å². The van der Waals surface area contributed by atoms with E-state index < -0.39 is 6.17 Å². The Kier molecular flexibility index (Phi) is 4.93. The van der Waals surface area contributed by atoms with Gasteiger partial charge in [0, 0.05) is 32.1 Å². The van der Waals surface area contributed by atoms with E-state index in [1.54, 1.807) is 49.6 Å². The lowest BCUT2D eigenvalue weighted by Gasteiger charge is -2.32. The number of hydrogen-bond donors (Lipinski definition) is 1. The number of nitrogens with one attached hydrogen (secondary N) is 1. The average Bonchev–Trinajstić information content (AvgIpc) is 3.00. The maximum Gasteiger partial charge on any atom is 0.272 e. The van der Waals surface area contributed by atoms with Crippen molar-refractivity contribution in [3.63, 3.8) is 0 Å². The molecule has 1 N–H and O–H groups in total. The second kappa shape index (κ2) is 7.14. The van der Waals surface area contributed by atoms with Gasteiger partial charge in [-0.05, 0) is 6.07 Å². The summed E-state index contributed by atoms with van der Waals surface area (Å²) in [5, 5.41) is 4.68. The van der Waals surface area contributed by atoms with Gasteiger partial charge in [0.1, 0.15) is 5.82 Å². The maximum absolute atomic E-state index is 13.8. The van der Waals surface area contributed by atoms with Crippen LogP contribution in [0.1, 0.15) is 5.56 Å². The normalized spacial score (nSPS) is 18.8. The van der Waals surface area contributed by atoms with Gasteiger partial charge in [-0.2, -0.15) is 5.10 Å². The number of benzene rings is 1. The number of nitrogens with zero attached hydrogens (tertiary/aromatic N) is 4. The van der Waals surface area contributed by atoms with Crippen LogP contribution in [-0.4, -0.2) is 57.7 Å². The van der Waals surface area contributed by atoms with Crippen molar-refractivity contribution in [1.82, 2.24) is 20.1 Å². The van der Waals surface area contributed by atoms with Crippen LogP contribution in [0.4, 0.5) is 4.39 Å². The first-order valence-electron chi connectivity index (χ1n) is 7.64. The summed E-state index contributed by atoms with van der Waals surface area (Å²) in [5.41, 5.74) is 3.22. The summed E-state index contributed by atoms with van der Waals surface area (Å²) in [4.78, 5) is 28.9. The molecule has 0 aliphatic carbocycles. The number of amides is 2. The van der Waals surface area contributed by atoms with Crippen molar-refractivity contribution < 1.29 is 14.0 Å². The zero-order valence-electron chi connectivity index (χ0n) is 13.8. The summed E-state index contributed by atoms with van der Waals surface area (Å²) in [7, 11) is 3.37. The lowest BCUT2D eigenvalue weighted by molar-refractivity contribution is -0.134. The fourth-order valence-corrected chi connectivity index (χ4v) is 3.30. The van der Waals surface area contributed by atoms with E-state index in [1.807, 2.05) is 0 Å². The summed E-state index contributed by atoms with van der Waals surface area (Å²) in [6, 6.07) is 6.36. The van der Waals surface area contributed by atoms with Crippen molar-refractivity contribution in [2.24, 2.45) is 5.10 Å². The van der Waals surface area contributed by atoms with Crippen molar-refractivity contribution in [2.75, 3.05) is 19.8 Å². The van der Waals surface area contributed by atoms with Gasteiger partial charge in [0.15, 0.2) is 5.17 Å². The summed E-state index contributed by atoms with van der Waals surface area (Å²) in [6.07, 6.45) is 2.63. The minimum Gasteiger partial charge on any atom is -0.348 e. The van der Waals surface area contributed by atoms with Crippen LogP contribution >= 0.6 is 11.8 Å². The van der Waals surface area contributed by atoms with Crippen LogP contribution in [-0.2, 0) is 16.1 Å². The van der Waals surface area contributed by atoms with Gasteiger partial charge in [-0.15, -0.1) is 0 Å². The van der Waals surface area contributed by atoms with Gasteiger partial charge in [-0.3, -0.25) is 19.9 Å². The number of carbonyl (C=O) groups is 2. The van der Waals surface area contributed by atoms with E-state index in [-0.39, 0.29) is 29.9 Å². The molecule has 25 heavy (non-hydrogen) atoms. The Hall–Kier alpha value is -2.55. The number of carbonyl (C=O) groups excluding carboxylic acids is 2. The Morgan fingerprint density at radius 3 is 2.84 bits per heavy atom. The molecule has 1 aromatic rings. The molecule has 2 amide bonds. The highest BCUT2D eigenvalue weighted by Gasteiger charge is 2.38. The van der Waals surface area contributed by atoms with Crippen LogP contribution in [0.2, 0.25) is 0 Å². The third-order valence-electron chi connectivity index (χ3n) is 3.83. The molecule has 0 bridgehead atoms. The number of hydrazone groups is 1. The zero-order valence-corrected chi connectivity index (χ0v) is 14.7. The molecule has 3 rings (SSSR count). The largest absolute Gasteiger partial charge is 0.348 e. The topological polar surface area (TPSA) is 68.2 Å². The molecule has 2 aliphatic rings. The highest BCUT2D eigenvalue weighted by Crippen LogP contribution is 2.23. The molecule has 1 unspecified atom stereocenters. The van der Waals surface area contributed by atoms with Crippen LogP contribution in [0.15, 0.2) is 41.8 Å².